The minimum absolute atomic E-state index is 0.127. The number of methoxy groups -OCH3 is 1. The molecular weight excluding hydrogens is 427 g/mol. The van der Waals surface area contributed by atoms with E-state index < -0.39 is 5.60 Å². The minimum Gasteiger partial charge on any atom is -0.388 e. The number of halogens is 2. The van der Waals surface area contributed by atoms with Gasteiger partial charge in [0.1, 0.15) is 5.82 Å². The SMILES string of the molecule is COCCN(c1ccc(Cl)c(C(=O)NCC2(O)CCCCC2)c1)c1ccnc(Cl)n1. The maximum atomic E-state index is 12.8. The van der Waals surface area contributed by atoms with Crippen LogP contribution in [-0.4, -0.2) is 53.4 Å². The van der Waals surface area contributed by atoms with Gasteiger partial charge in [-0.25, -0.2) is 9.97 Å². The second-order valence-corrected chi connectivity index (χ2v) is 8.21. The zero-order chi connectivity index (χ0) is 21.6. The second-order valence-electron chi connectivity index (χ2n) is 7.46. The summed E-state index contributed by atoms with van der Waals surface area (Å²) in [4.78, 5) is 22.9. The van der Waals surface area contributed by atoms with E-state index in [0.29, 0.717) is 48.1 Å². The van der Waals surface area contributed by atoms with Gasteiger partial charge < -0.3 is 20.1 Å². The average Bonchev–Trinajstić information content (AvgIpc) is 2.74. The lowest BCUT2D eigenvalue weighted by Gasteiger charge is -2.32. The third-order valence-corrected chi connectivity index (χ3v) is 5.79. The number of nitrogens with one attached hydrogen (secondary N) is 1. The van der Waals surface area contributed by atoms with E-state index in [-0.39, 0.29) is 17.7 Å². The van der Waals surface area contributed by atoms with Gasteiger partial charge in [0.05, 0.1) is 22.8 Å². The van der Waals surface area contributed by atoms with E-state index in [0.717, 1.165) is 19.3 Å². The first kappa shape index (κ1) is 22.7. The van der Waals surface area contributed by atoms with Crippen LogP contribution < -0.4 is 10.2 Å². The number of hydrogen-bond donors (Lipinski definition) is 2. The smallest absolute Gasteiger partial charge is 0.252 e. The predicted octanol–water partition coefficient (Wildman–Crippen LogP) is 3.99. The third kappa shape index (κ3) is 5.82. The van der Waals surface area contributed by atoms with Crippen LogP contribution >= 0.6 is 23.2 Å². The summed E-state index contributed by atoms with van der Waals surface area (Å²) in [7, 11) is 1.61. The number of rotatable bonds is 8. The summed E-state index contributed by atoms with van der Waals surface area (Å²) >= 11 is 12.3. The second kappa shape index (κ2) is 10.4. The Kier molecular flexibility index (Phi) is 7.88. The molecule has 3 rings (SSSR count). The van der Waals surface area contributed by atoms with Gasteiger partial charge in [-0.2, -0.15) is 0 Å². The van der Waals surface area contributed by atoms with E-state index >= 15 is 0 Å². The topological polar surface area (TPSA) is 87.6 Å². The molecule has 1 heterocycles. The van der Waals surface area contributed by atoms with Crippen LogP contribution in [0.5, 0.6) is 0 Å². The van der Waals surface area contributed by atoms with Crippen molar-refractivity contribution >= 4 is 40.6 Å². The van der Waals surface area contributed by atoms with Gasteiger partial charge >= 0.3 is 0 Å². The molecule has 1 aromatic heterocycles. The fourth-order valence-electron chi connectivity index (χ4n) is 3.62. The van der Waals surface area contributed by atoms with E-state index in [2.05, 4.69) is 15.3 Å². The highest BCUT2D eigenvalue weighted by molar-refractivity contribution is 6.34. The molecule has 1 amide bonds. The number of nitrogens with zero attached hydrogens (tertiary/aromatic N) is 3. The quantitative estimate of drug-likeness (QED) is 0.588. The molecule has 30 heavy (non-hydrogen) atoms. The molecule has 0 saturated heterocycles. The van der Waals surface area contributed by atoms with Crippen molar-refractivity contribution in [3.63, 3.8) is 0 Å². The lowest BCUT2D eigenvalue weighted by molar-refractivity contribution is 0.00526. The fourth-order valence-corrected chi connectivity index (χ4v) is 3.96. The van der Waals surface area contributed by atoms with Crippen LogP contribution in [0.25, 0.3) is 0 Å². The Hall–Kier alpha value is -1.93. The molecule has 1 aliphatic rings. The van der Waals surface area contributed by atoms with Crippen molar-refractivity contribution in [3.8, 4) is 0 Å². The number of amides is 1. The molecule has 0 unspecified atom stereocenters. The summed E-state index contributed by atoms with van der Waals surface area (Å²) in [5.74, 6) is 0.255. The lowest BCUT2D eigenvalue weighted by Crippen LogP contribution is -2.44. The Balaban J connectivity index is 1.81. The largest absolute Gasteiger partial charge is 0.388 e. The molecule has 1 fully saturated rings. The molecule has 162 valence electrons. The summed E-state index contributed by atoms with van der Waals surface area (Å²) in [5.41, 5.74) is 0.198. The highest BCUT2D eigenvalue weighted by atomic mass is 35.5. The number of ether oxygens (including phenoxy) is 1. The number of carbonyl (C=O) groups excluding carboxylic acids is 1. The minimum atomic E-state index is -0.847. The molecular formula is C21H26Cl2N4O3. The summed E-state index contributed by atoms with van der Waals surface area (Å²) in [6, 6.07) is 6.91. The Bertz CT molecular complexity index is 875. The van der Waals surface area contributed by atoms with E-state index in [4.69, 9.17) is 27.9 Å². The number of aliphatic hydroxyl groups is 1. The van der Waals surface area contributed by atoms with E-state index in [9.17, 15) is 9.90 Å². The number of benzene rings is 1. The van der Waals surface area contributed by atoms with Gasteiger partial charge in [-0.05, 0) is 48.7 Å². The maximum absolute atomic E-state index is 12.8. The molecule has 1 aliphatic carbocycles. The molecule has 7 nitrogen and oxygen atoms in total. The first-order valence-electron chi connectivity index (χ1n) is 9.97. The van der Waals surface area contributed by atoms with Gasteiger partial charge in [0.25, 0.3) is 5.91 Å². The normalized spacial score (nSPS) is 15.6. The van der Waals surface area contributed by atoms with Crippen LogP contribution in [0, 0.1) is 0 Å². The molecule has 0 radical (unpaired) electrons. The summed E-state index contributed by atoms with van der Waals surface area (Å²) in [6.45, 7) is 1.15. The average molecular weight is 453 g/mol. The van der Waals surface area contributed by atoms with Crippen molar-refractivity contribution in [1.29, 1.82) is 0 Å². The Morgan fingerprint density at radius 2 is 2.03 bits per heavy atom. The maximum Gasteiger partial charge on any atom is 0.252 e. The van der Waals surface area contributed by atoms with E-state index in [1.807, 2.05) is 4.90 Å². The van der Waals surface area contributed by atoms with Gasteiger partial charge in [-0.3, -0.25) is 4.79 Å². The highest BCUT2D eigenvalue weighted by Crippen LogP contribution is 2.30. The van der Waals surface area contributed by atoms with Crippen LogP contribution in [0.4, 0.5) is 11.5 Å². The third-order valence-electron chi connectivity index (χ3n) is 5.28. The van der Waals surface area contributed by atoms with Gasteiger partial charge in [-0.1, -0.05) is 30.9 Å². The van der Waals surface area contributed by atoms with Crippen molar-refractivity contribution < 1.29 is 14.6 Å². The molecule has 1 aromatic carbocycles. The van der Waals surface area contributed by atoms with Crippen LogP contribution in [0.3, 0.4) is 0 Å². The zero-order valence-corrected chi connectivity index (χ0v) is 18.4. The predicted molar refractivity (Wildman–Crippen MR) is 118 cm³/mol. The Morgan fingerprint density at radius 1 is 1.27 bits per heavy atom. The van der Waals surface area contributed by atoms with Gasteiger partial charge in [0.2, 0.25) is 5.28 Å². The first-order chi connectivity index (χ1) is 14.4. The fraction of sp³-hybridized carbons (Fsp3) is 0.476. The molecule has 0 spiro atoms. The monoisotopic (exact) mass is 452 g/mol. The molecule has 1 saturated carbocycles. The van der Waals surface area contributed by atoms with Crippen molar-refractivity contribution in [2.75, 3.05) is 31.7 Å². The molecule has 0 bridgehead atoms. The van der Waals surface area contributed by atoms with Crippen molar-refractivity contribution in [1.82, 2.24) is 15.3 Å². The van der Waals surface area contributed by atoms with Gasteiger partial charge in [-0.15, -0.1) is 0 Å². The van der Waals surface area contributed by atoms with Crippen molar-refractivity contribution in [2.45, 2.75) is 37.7 Å². The van der Waals surface area contributed by atoms with Crippen molar-refractivity contribution in [3.05, 3.63) is 46.3 Å². The number of aromatic nitrogens is 2. The lowest BCUT2D eigenvalue weighted by atomic mass is 9.85. The molecule has 2 aromatic rings. The molecule has 2 N–H and O–H groups in total. The molecule has 0 aliphatic heterocycles. The van der Waals surface area contributed by atoms with Crippen molar-refractivity contribution in [2.24, 2.45) is 0 Å². The molecule has 0 atom stereocenters. The number of hydrogen-bond acceptors (Lipinski definition) is 6. The standard InChI is InChI=1S/C21H26Cl2N4O3/c1-30-12-11-27(18-7-10-24-20(23)26-18)15-5-6-17(22)16(13-15)19(28)25-14-21(29)8-3-2-4-9-21/h5-7,10,13,29H,2-4,8-9,11-12,14H2,1H3,(H,25,28). The highest BCUT2D eigenvalue weighted by Gasteiger charge is 2.30. The van der Waals surface area contributed by atoms with Gasteiger partial charge in [0.15, 0.2) is 0 Å². The Morgan fingerprint density at radius 3 is 2.73 bits per heavy atom. The van der Waals surface area contributed by atoms with E-state index in [1.165, 1.54) is 0 Å². The van der Waals surface area contributed by atoms with Gasteiger partial charge in [0, 0.05) is 32.1 Å². The first-order valence-corrected chi connectivity index (χ1v) is 10.7. The summed E-state index contributed by atoms with van der Waals surface area (Å²) in [5, 5.41) is 14.0. The van der Waals surface area contributed by atoms with Crippen LogP contribution in [0.2, 0.25) is 10.3 Å². The Labute approximate surface area is 186 Å². The summed E-state index contributed by atoms with van der Waals surface area (Å²) in [6.07, 6.45) is 6.02. The zero-order valence-electron chi connectivity index (χ0n) is 16.9. The van der Waals surface area contributed by atoms with Crippen LogP contribution in [-0.2, 0) is 4.74 Å². The van der Waals surface area contributed by atoms with Crippen LogP contribution in [0.1, 0.15) is 42.5 Å². The number of carbonyl (C=O) groups is 1. The van der Waals surface area contributed by atoms with E-state index in [1.54, 1.807) is 37.6 Å². The summed E-state index contributed by atoms with van der Waals surface area (Å²) < 4.78 is 5.21. The van der Waals surface area contributed by atoms with Crippen LogP contribution in [0.15, 0.2) is 30.5 Å². The number of anilines is 2. The molecule has 9 heteroatoms.